The average Bonchev–Trinajstić information content (AvgIpc) is 2.76. The molecule has 0 saturated heterocycles. The molecule has 0 spiro atoms. The highest BCUT2D eigenvalue weighted by Gasteiger charge is 2.03. The van der Waals surface area contributed by atoms with Crippen LogP contribution in [-0.2, 0) is 13.2 Å². The van der Waals surface area contributed by atoms with Crippen LogP contribution in [0.4, 0.5) is 0 Å². The van der Waals surface area contributed by atoms with E-state index in [1.807, 2.05) is 18.2 Å². The molecule has 16 heavy (non-hydrogen) atoms. The topological polar surface area (TPSA) is 55.5 Å². The van der Waals surface area contributed by atoms with Crippen LogP contribution in [0.5, 0.6) is 11.5 Å². The smallest absolute Gasteiger partial charge is 0.161 e. The predicted molar refractivity (Wildman–Crippen MR) is 64.6 cm³/mol. The lowest BCUT2D eigenvalue weighted by Gasteiger charge is -2.05. The molecule has 1 aromatic carbocycles. The Labute approximate surface area is 98.1 Å². The summed E-state index contributed by atoms with van der Waals surface area (Å²) in [6.07, 6.45) is 0. The van der Waals surface area contributed by atoms with Crippen molar-refractivity contribution in [3.05, 3.63) is 46.2 Å². The van der Waals surface area contributed by atoms with Gasteiger partial charge in [0.2, 0.25) is 0 Å². The first-order valence-electron chi connectivity index (χ1n) is 4.98. The van der Waals surface area contributed by atoms with E-state index in [9.17, 15) is 5.11 Å². The second-order valence-corrected chi connectivity index (χ2v) is 4.58. The van der Waals surface area contributed by atoms with Gasteiger partial charge in [-0.15, -0.1) is 11.3 Å². The summed E-state index contributed by atoms with van der Waals surface area (Å²) >= 11 is 1.63. The number of hydrogen-bond donors (Lipinski definition) is 2. The first kappa shape index (κ1) is 11.0. The molecular weight excluding hydrogens is 222 g/mol. The monoisotopic (exact) mass is 235 g/mol. The number of para-hydroxylation sites is 2. The molecular formula is C12H13NO2S. The van der Waals surface area contributed by atoms with Crippen LogP contribution < -0.4 is 10.5 Å². The van der Waals surface area contributed by atoms with Crippen molar-refractivity contribution in [2.75, 3.05) is 0 Å². The summed E-state index contributed by atoms with van der Waals surface area (Å²) in [7, 11) is 0. The highest BCUT2D eigenvalue weighted by Crippen LogP contribution is 2.26. The van der Waals surface area contributed by atoms with Crippen LogP contribution in [0, 0.1) is 0 Å². The zero-order valence-corrected chi connectivity index (χ0v) is 9.54. The van der Waals surface area contributed by atoms with Crippen molar-refractivity contribution in [2.24, 2.45) is 5.73 Å². The molecule has 0 aliphatic rings. The quantitative estimate of drug-likeness (QED) is 0.856. The van der Waals surface area contributed by atoms with Gasteiger partial charge >= 0.3 is 0 Å². The van der Waals surface area contributed by atoms with Crippen LogP contribution in [0.2, 0.25) is 0 Å². The van der Waals surface area contributed by atoms with Crippen molar-refractivity contribution >= 4 is 11.3 Å². The lowest BCUT2D eigenvalue weighted by molar-refractivity contribution is 0.292. The first-order valence-corrected chi connectivity index (χ1v) is 5.79. The van der Waals surface area contributed by atoms with E-state index >= 15 is 0 Å². The normalized spacial score (nSPS) is 10.3. The maximum Gasteiger partial charge on any atom is 0.161 e. The molecule has 0 saturated carbocycles. The van der Waals surface area contributed by atoms with E-state index in [2.05, 4.69) is 0 Å². The van der Waals surface area contributed by atoms with Gasteiger partial charge in [0.1, 0.15) is 6.61 Å². The van der Waals surface area contributed by atoms with Crippen molar-refractivity contribution in [2.45, 2.75) is 13.2 Å². The molecule has 0 aliphatic heterocycles. The summed E-state index contributed by atoms with van der Waals surface area (Å²) in [5.41, 5.74) is 5.52. The van der Waals surface area contributed by atoms with Crippen LogP contribution in [0.15, 0.2) is 36.4 Å². The Balaban J connectivity index is 1.99. The highest BCUT2D eigenvalue weighted by molar-refractivity contribution is 7.11. The summed E-state index contributed by atoms with van der Waals surface area (Å²) in [6.45, 7) is 1.02. The Hall–Kier alpha value is -1.52. The fourth-order valence-electron chi connectivity index (χ4n) is 1.34. The first-order chi connectivity index (χ1) is 7.79. The van der Waals surface area contributed by atoms with E-state index in [0.717, 1.165) is 9.75 Å². The van der Waals surface area contributed by atoms with Crippen molar-refractivity contribution in [3.63, 3.8) is 0 Å². The van der Waals surface area contributed by atoms with Crippen molar-refractivity contribution in [1.29, 1.82) is 0 Å². The Morgan fingerprint density at radius 2 is 1.88 bits per heavy atom. The van der Waals surface area contributed by atoms with Crippen LogP contribution in [0.3, 0.4) is 0 Å². The number of nitrogens with two attached hydrogens (primary N) is 1. The van der Waals surface area contributed by atoms with Gasteiger partial charge in [-0.05, 0) is 24.3 Å². The van der Waals surface area contributed by atoms with Gasteiger partial charge in [-0.2, -0.15) is 0 Å². The fourth-order valence-corrected chi connectivity index (χ4v) is 2.15. The molecule has 4 heteroatoms. The van der Waals surface area contributed by atoms with E-state index in [4.69, 9.17) is 10.5 Å². The van der Waals surface area contributed by atoms with Gasteiger partial charge in [-0.1, -0.05) is 12.1 Å². The maximum atomic E-state index is 9.50. The minimum atomic E-state index is 0.165. The molecule has 3 N–H and O–H groups in total. The molecule has 0 atom stereocenters. The van der Waals surface area contributed by atoms with Gasteiger partial charge in [-0.3, -0.25) is 0 Å². The molecule has 0 radical (unpaired) electrons. The Kier molecular flexibility index (Phi) is 3.44. The SMILES string of the molecule is NCc1ccc(COc2ccccc2O)s1. The number of aromatic hydroxyl groups is 1. The van der Waals surface area contributed by atoms with Crippen LogP contribution in [-0.4, -0.2) is 5.11 Å². The molecule has 1 heterocycles. The summed E-state index contributed by atoms with van der Waals surface area (Å²) in [6, 6.07) is 10.9. The minimum Gasteiger partial charge on any atom is -0.504 e. The van der Waals surface area contributed by atoms with Crippen molar-refractivity contribution in [1.82, 2.24) is 0 Å². The number of hydrogen-bond acceptors (Lipinski definition) is 4. The van der Waals surface area contributed by atoms with Gasteiger partial charge in [0, 0.05) is 16.3 Å². The van der Waals surface area contributed by atoms with E-state index in [1.165, 1.54) is 0 Å². The molecule has 2 aromatic rings. The molecule has 3 nitrogen and oxygen atoms in total. The molecule has 0 unspecified atom stereocenters. The Bertz CT molecular complexity index is 468. The van der Waals surface area contributed by atoms with Gasteiger partial charge < -0.3 is 15.6 Å². The van der Waals surface area contributed by atoms with E-state index in [1.54, 1.807) is 29.5 Å². The predicted octanol–water partition coefficient (Wildman–Crippen LogP) is 2.49. The third-order valence-electron chi connectivity index (χ3n) is 2.15. The number of benzene rings is 1. The summed E-state index contributed by atoms with van der Waals surface area (Å²) in [5, 5.41) is 9.50. The minimum absolute atomic E-state index is 0.165. The molecule has 0 fully saturated rings. The Morgan fingerprint density at radius 1 is 1.12 bits per heavy atom. The zero-order chi connectivity index (χ0) is 11.4. The molecule has 1 aromatic heterocycles. The molecule has 0 amide bonds. The molecule has 84 valence electrons. The van der Waals surface area contributed by atoms with Crippen molar-refractivity contribution < 1.29 is 9.84 Å². The van der Waals surface area contributed by atoms with Gasteiger partial charge in [-0.25, -0.2) is 0 Å². The van der Waals surface area contributed by atoms with Gasteiger partial charge in [0.15, 0.2) is 11.5 Å². The highest BCUT2D eigenvalue weighted by atomic mass is 32.1. The maximum absolute atomic E-state index is 9.50. The van der Waals surface area contributed by atoms with Crippen LogP contribution in [0.25, 0.3) is 0 Å². The largest absolute Gasteiger partial charge is 0.504 e. The second-order valence-electron chi connectivity index (χ2n) is 3.33. The zero-order valence-electron chi connectivity index (χ0n) is 8.72. The third-order valence-corrected chi connectivity index (χ3v) is 3.23. The van der Waals surface area contributed by atoms with Crippen LogP contribution in [0.1, 0.15) is 9.75 Å². The second kappa shape index (κ2) is 5.01. The van der Waals surface area contributed by atoms with Crippen molar-refractivity contribution in [3.8, 4) is 11.5 Å². The van der Waals surface area contributed by atoms with E-state index in [-0.39, 0.29) is 5.75 Å². The fraction of sp³-hybridized carbons (Fsp3) is 0.167. The number of thiophene rings is 1. The van der Waals surface area contributed by atoms with E-state index in [0.29, 0.717) is 18.9 Å². The average molecular weight is 235 g/mol. The summed E-state index contributed by atoms with van der Waals surface area (Å²) in [5.74, 6) is 0.670. The summed E-state index contributed by atoms with van der Waals surface area (Å²) in [4.78, 5) is 2.24. The number of ether oxygens (including phenoxy) is 1. The van der Waals surface area contributed by atoms with Crippen LogP contribution >= 0.6 is 11.3 Å². The summed E-state index contributed by atoms with van der Waals surface area (Å²) < 4.78 is 5.50. The third kappa shape index (κ3) is 2.53. The van der Waals surface area contributed by atoms with Gasteiger partial charge in [0.05, 0.1) is 0 Å². The Morgan fingerprint density at radius 3 is 2.56 bits per heavy atom. The molecule has 0 aliphatic carbocycles. The van der Waals surface area contributed by atoms with E-state index < -0.39 is 0 Å². The lowest BCUT2D eigenvalue weighted by atomic mass is 10.3. The lowest BCUT2D eigenvalue weighted by Crippen LogP contribution is -1.93. The molecule has 0 bridgehead atoms. The number of rotatable bonds is 4. The number of phenols is 1. The van der Waals surface area contributed by atoms with Gasteiger partial charge in [0.25, 0.3) is 0 Å². The standard InChI is InChI=1S/C12H13NO2S/c13-7-9-5-6-10(16-9)8-15-12-4-2-1-3-11(12)14/h1-6,14H,7-8,13H2. The molecule has 2 rings (SSSR count). The number of phenolic OH excluding ortho intramolecular Hbond substituents is 1.